The van der Waals surface area contributed by atoms with Gasteiger partial charge in [0.15, 0.2) is 5.82 Å². The van der Waals surface area contributed by atoms with Gasteiger partial charge in [0.25, 0.3) is 0 Å². The topological polar surface area (TPSA) is 71.1 Å². The molecule has 0 saturated heterocycles. The second-order valence-corrected chi connectivity index (χ2v) is 6.20. The number of nitrogens with one attached hydrogen (secondary N) is 2. The molecule has 2 N–H and O–H groups in total. The Morgan fingerprint density at radius 1 is 1.41 bits per heavy atom. The van der Waals surface area contributed by atoms with Crippen molar-refractivity contribution in [2.45, 2.75) is 13.3 Å². The predicted octanol–water partition coefficient (Wildman–Crippen LogP) is 1.59. The van der Waals surface area contributed by atoms with Crippen molar-refractivity contribution in [3.8, 4) is 0 Å². The first kappa shape index (κ1) is 14.4. The zero-order valence-corrected chi connectivity index (χ0v) is 12.0. The van der Waals surface area contributed by atoms with Crippen molar-refractivity contribution in [3.05, 3.63) is 22.8 Å². The fourth-order valence-electron chi connectivity index (χ4n) is 1.17. The maximum atomic E-state index is 11.7. The van der Waals surface area contributed by atoms with Gasteiger partial charge in [-0.25, -0.2) is 13.4 Å². The van der Waals surface area contributed by atoms with E-state index in [-0.39, 0.29) is 5.75 Å². The van der Waals surface area contributed by atoms with Crippen LogP contribution < -0.4 is 10.0 Å². The summed E-state index contributed by atoms with van der Waals surface area (Å²) in [7, 11) is -3.34. The molecule has 0 radical (unpaired) electrons. The third-order valence-electron chi connectivity index (χ3n) is 1.98. The molecule has 0 aliphatic rings. The van der Waals surface area contributed by atoms with Gasteiger partial charge >= 0.3 is 0 Å². The number of halogens is 1. The molecule has 1 aromatic rings. The third-order valence-corrected chi connectivity index (χ3v) is 3.87. The Balaban J connectivity index is 2.52. The van der Waals surface area contributed by atoms with Crippen LogP contribution >= 0.6 is 15.9 Å². The van der Waals surface area contributed by atoms with E-state index in [0.717, 1.165) is 13.0 Å². The summed E-state index contributed by atoms with van der Waals surface area (Å²) in [5.74, 6) is 0.360. The normalized spacial score (nSPS) is 11.4. The molecule has 1 aromatic heterocycles. The Morgan fingerprint density at radius 3 is 2.82 bits per heavy atom. The van der Waals surface area contributed by atoms with Crippen LogP contribution in [0.4, 0.5) is 5.82 Å². The molecule has 0 bridgehead atoms. The lowest BCUT2D eigenvalue weighted by Crippen LogP contribution is -2.27. The van der Waals surface area contributed by atoms with Gasteiger partial charge in [-0.1, -0.05) is 6.92 Å². The fraction of sp³-hybridized carbons (Fsp3) is 0.500. The maximum Gasteiger partial charge on any atom is 0.235 e. The van der Waals surface area contributed by atoms with Gasteiger partial charge in [0.05, 0.1) is 10.2 Å². The molecule has 1 rings (SSSR count). The summed E-state index contributed by atoms with van der Waals surface area (Å²) in [6.45, 7) is 3.29. The average Bonchev–Trinajstić information content (AvgIpc) is 2.28. The minimum absolute atomic E-state index is 0.0377. The van der Waals surface area contributed by atoms with E-state index < -0.39 is 10.0 Å². The van der Waals surface area contributed by atoms with E-state index in [2.05, 4.69) is 31.0 Å². The summed E-state index contributed by atoms with van der Waals surface area (Å²) in [4.78, 5) is 3.95. The molecule has 7 heteroatoms. The summed E-state index contributed by atoms with van der Waals surface area (Å²) >= 11 is 3.24. The van der Waals surface area contributed by atoms with Crippen molar-refractivity contribution >= 4 is 31.8 Å². The molecule has 0 atom stereocenters. The van der Waals surface area contributed by atoms with Gasteiger partial charge in [-0.15, -0.1) is 0 Å². The molecule has 0 aromatic carbocycles. The standard InChI is InChI=1S/C10H16BrN3O2S/c1-2-5-12-7-8-17(15,16)14-10-9(11)4-3-6-13-10/h3-4,6,12H,2,5,7-8H2,1H3,(H,13,14). The van der Waals surface area contributed by atoms with Crippen LogP contribution in [0.5, 0.6) is 0 Å². The lowest BCUT2D eigenvalue weighted by Gasteiger charge is -2.08. The summed E-state index contributed by atoms with van der Waals surface area (Å²) in [5, 5.41) is 3.04. The lowest BCUT2D eigenvalue weighted by atomic mass is 10.5. The van der Waals surface area contributed by atoms with E-state index in [9.17, 15) is 8.42 Å². The lowest BCUT2D eigenvalue weighted by molar-refractivity contribution is 0.595. The van der Waals surface area contributed by atoms with Gasteiger partial charge in [0.2, 0.25) is 10.0 Å². The molecule has 0 aliphatic heterocycles. The first-order chi connectivity index (χ1) is 8.05. The van der Waals surface area contributed by atoms with Crippen molar-refractivity contribution in [2.75, 3.05) is 23.6 Å². The van der Waals surface area contributed by atoms with Crippen LogP contribution in [-0.4, -0.2) is 32.2 Å². The number of pyridine rings is 1. The molecule has 0 amide bonds. The van der Waals surface area contributed by atoms with E-state index in [4.69, 9.17) is 0 Å². The smallest absolute Gasteiger partial charge is 0.235 e. The molecule has 0 unspecified atom stereocenters. The monoisotopic (exact) mass is 321 g/mol. The number of anilines is 1. The van der Waals surface area contributed by atoms with Crippen molar-refractivity contribution in [3.63, 3.8) is 0 Å². The van der Waals surface area contributed by atoms with Crippen LogP contribution in [0.1, 0.15) is 13.3 Å². The second-order valence-electron chi connectivity index (χ2n) is 3.50. The summed E-state index contributed by atoms with van der Waals surface area (Å²) in [5.41, 5.74) is 0. The number of aromatic nitrogens is 1. The zero-order valence-electron chi connectivity index (χ0n) is 9.61. The highest BCUT2D eigenvalue weighted by atomic mass is 79.9. The van der Waals surface area contributed by atoms with Crippen LogP contribution in [-0.2, 0) is 10.0 Å². The molecule has 0 aliphatic carbocycles. The summed E-state index contributed by atoms with van der Waals surface area (Å²) < 4.78 is 26.5. The van der Waals surface area contributed by atoms with Crippen LogP contribution in [0.25, 0.3) is 0 Å². The molecular weight excluding hydrogens is 306 g/mol. The minimum atomic E-state index is -3.34. The Labute approximate surface area is 110 Å². The predicted molar refractivity (Wildman–Crippen MR) is 72.5 cm³/mol. The molecule has 0 fully saturated rings. The maximum absolute atomic E-state index is 11.7. The molecule has 96 valence electrons. The molecule has 0 saturated carbocycles. The van der Waals surface area contributed by atoms with Crippen LogP contribution in [0, 0.1) is 0 Å². The minimum Gasteiger partial charge on any atom is -0.316 e. The summed E-state index contributed by atoms with van der Waals surface area (Å²) in [6, 6.07) is 3.46. The number of rotatable bonds is 7. The van der Waals surface area contributed by atoms with E-state index in [0.29, 0.717) is 16.8 Å². The number of sulfonamides is 1. The Kier molecular flexibility index (Phi) is 5.87. The number of nitrogens with zero attached hydrogens (tertiary/aromatic N) is 1. The third kappa shape index (κ3) is 5.47. The van der Waals surface area contributed by atoms with Gasteiger partial charge in [0.1, 0.15) is 0 Å². The first-order valence-corrected chi connectivity index (χ1v) is 7.81. The van der Waals surface area contributed by atoms with E-state index in [1.165, 1.54) is 6.20 Å². The Bertz CT molecular complexity index is 451. The largest absolute Gasteiger partial charge is 0.316 e. The van der Waals surface area contributed by atoms with Gasteiger partial charge in [-0.05, 0) is 41.0 Å². The van der Waals surface area contributed by atoms with Crippen molar-refractivity contribution in [1.82, 2.24) is 10.3 Å². The Morgan fingerprint density at radius 2 is 2.18 bits per heavy atom. The molecule has 17 heavy (non-hydrogen) atoms. The zero-order chi connectivity index (χ0) is 12.7. The van der Waals surface area contributed by atoms with Crippen molar-refractivity contribution in [1.29, 1.82) is 0 Å². The van der Waals surface area contributed by atoms with Gasteiger partial charge in [0, 0.05) is 12.7 Å². The molecule has 5 nitrogen and oxygen atoms in total. The molecule has 1 heterocycles. The highest BCUT2D eigenvalue weighted by molar-refractivity contribution is 9.10. The SMILES string of the molecule is CCCNCCS(=O)(=O)Nc1ncccc1Br. The van der Waals surface area contributed by atoms with Crippen molar-refractivity contribution in [2.24, 2.45) is 0 Å². The quantitative estimate of drug-likeness (QED) is 0.748. The number of hydrogen-bond acceptors (Lipinski definition) is 4. The van der Waals surface area contributed by atoms with Crippen molar-refractivity contribution < 1.29 is 8.42 Å². The highest BCUT2D eigenvalue weighted by Gasteiger charge is 2.12. The van der Waals surface area contributed by atoms with E-state index in [1.807, 2.05) is 6.92 Å². The fourth-order valence-corrected chi connectivity index (χ4v) is 2.63. The van der Waals surface area contributed by atoms with Gasteiger partial charge < -0.3 is 5.32 Å². The molecular formula is C10H16BrN3O2S. The van der Waals surface area contributed by atoms with Crippen LogP contribution in [0.2, 0.25) is 0 Å². The summed E-state index contributed by atoms with van der Waals surface area (Å²) in [6.07, 6.45) is 2.53. The first-order valence-electron chi connectivity index (χ1n) is 5.37. The molecule has 0 spiro atoms. The Hall–Kier alpha value is -0.660. The van der Waals surface area contributed by atoms with Crippen LogP contribution in [0.3, 0.4) is 0 Å². The number of hydrogen-bond donors (Lipinski definition) is 2. The van der Waals surface area contributed by atoms with Crippen LogP contribution in [0.15, 0.2) is 22.8 Å². The highest BCUT2D eigenvalue weighted by Crippen LogP contribution is 2.19. The average molecular weight is 322 g/mol. The second kappa shape index (κ2) is 6.93. The van der Waals surface area contributed by atoms with Gasteiger partial charge in [-0.2, -0.15) is 0 Å². The van der Waals surface area contributed by atoms with E-state index in [1.54, 1.807) is 12.1 Å². The van der Waals surface area contributed by atoms with Gasteiger partial charge in [-0.3, -0.25) is 4.72 Å². The van der Waals surface area contributed by atoms with E-state index >= 15 is 0 Å².